The fourth-order valence-electron chi connectivity index (χ4n) is 3.14. The number of hydrogen-bond acceptors (Lipinski definition) is 3. The third-order valence-corrected chi connectivity index (χ3v) is 4.19. The maximum atomic E-state index is 5.19. The van der Waals surface area contributed by atoms with Gasteiger partial charge in [0.2, 0.25) is 0 Å². The first-order valence-electron chi connectivity index (χ1n) is 7.21. The molecule has 2 unspecified atom stereocenters. The van der Waals surface area contributed by atoms with Gasteiger partial charge in [0, 0.05) is 19.1 Å². The van der Waals surface area contributed by atoms with Gasteiger partial charge in [-0.1, -0.05) is 18.6 Å². The van der Waals surface area contributed by atoms with Crippen molar-refractivity contribution in [2.24, 2.45) is 5.92 Å². The van der Waals surface area contributed by atoms with Crippen LogP contribution < -0.4 is 10.1 Å². The Balaban J connectivity index is 1.84. The van der Waals surface area contributed by atoms with Crippen LogP contribution in [0.15, 0.2) is 24.3 Å². The standard InChI is InChI=1S/C16H26N2O/c1-17-16-6-4-5-14(16)12-18(2)11-13-7-9-15(19-3)10-8-13/h7-10,14,16-17H,4-6,11-12H2,1-3H3. The molecule has 19 heavy (non-hydrogen) atoms. The summed E-state index contributed by atoms with van der Waals surface area (Å²) < 4.78 is 5.19. The molecular formula is C16H26N2O. The fraction of sp³-hybridized carbons (Fsp3) is 0.625. The van der Waals surface area contributed by atoms with Crippen molar-refractivity contribution < 1.29 is 4.74 Å². The van der Waals surface area contributed by atoms with Gasteiger partial charge >= 0.3 is 0 Å². The third kappa shape index (κ3) is 3.95. The number of nitrogens with one attached hydrogen (secondary N) is 1. The molecule has 1 fully saturated rings. The van der Waals surface area contributed by atoms with E-state index in [-0.39, 0.29) is 0 Å². The van der Waals surface area contributed by atoms with Crippen LogP contribution in [0.5, 0.6) is 5.75 Å². The van der Waals surface area contributed by atoms with Crippen LogP contribution in [0.2, 0.25) is 0 Å². The smallest absolute Gasteiger partial charge is 0.118 e. The molecule has 0 spiro atoms. The molecule has 1 aliphatic rings. The Morgan fingerprint density at radius 3 is 2.63 bits per heavy atom. The molecular weight excluding hydrogens is 236 g/mol. The molecule has 3 nitrogen and oxygen atoms in total. The van der Waals surface area contributed by atoms with Gasteiger partial charge < -0.3 is 15.0 Å². The first-order valence-corrected chi connectivity index (χ1v) is 7.21. The zero-order chi connectivity index (χ0) is 13.7. The summed E-state index contributed by atoms with van der Waals surface area (Å²) in [6.45, 7) is 2.19. The van der Waals surface area contributed by atoms with Crippen molar-refractivity contribution >= 4 is 0 Å². The molecule has 1 aliphatic carbocycles. The number of ether oxygens (including phenoxy) is 1. The molecule has 1 saturated carbocycles. The Bertz CT molecular complexity index is 377. The predicted molar refractivity (Wildman–Crippen MR) is 79.5 cm³/mol. The van der Waals surface area contributed by atoms with Crippen LogP contribution in [-0.2, 0) is 6.54 Å². The highest BCUT2D eigenvalue weighted by molar-refractivity contribution is 5.27. The Hall–Kier alpha value is -1.06. The van der Waals surface area contributed by atoms with E-state index in [0.29, 0.717) is 6.04 Å². The lowest BCUT2D eigenvalue weighted by molar-refractivity contribution is 0.249. The molecule has 1 aromatic rings. The number of hydrogen-bond donors (Lipinski definition) is 1. The second-order valence-corrected chi connectivity index (χ2v) is 5.63. The van der Waals surface area contributed by atoms with E-state index in [2.05, 4.69) is 36.4 Å². The van der Waals surface area contributed by atoms with E-state index in [4.69, 9.17) is 4.74 Å². The number of nitrogens with zero attached hydrogens (tertiary/aromatic N) is 1. The van der Waals surface area contributed by atoms with Crippen molar-refractivity contribution in [3.63, 3.8) is 0 Å². The molecule has 0 heterocycles. The molecule has 0 aromatic heterocycles. The largest absolute Gasteiger partial charge is 0.497 e. The average Bonchev–Trinajstić information content (AvgIpc) is 2.86. The molecule has 0 radical (unpaired) electrons. The van der Waals surface area contributed by atoms with Crippen molar-refractivity contribution in [3.8, 4) is 5.75 Å². The highest BCUT2D eigenvalue weighted by Crippen LogP contribution is 2.26. The first-order chi connectivity index (χ1) is 9.22. The van der Waals surface area contributed by atoms with Gasteiger partial charge in [-0.3, -0.25) is 0 Å². The minimum atomic E-state index is 0.707. The molecule has 3 heteroatoms. The SMILES string of the molecule is CNC1CCCC1CN(C)Cc1ccc(OC)cc1. The topological polar surface area (TPSA) is 24.5 Å². The minimum absolute atomic E-state index is 0.707. The average molecular weight is 262 g/mol. The lowest BCUT2D eigenvalue weighted by Gasteiger charge is -2.25. The number of benzene rings is 1. The van der Waals surface area contributed by atoms with Gasteiger partial charge in [-0.25, -0.2) is 0 Å². The van der Waals surface area contributed by atoms with Gasteiger partial charge in [0.25, 0.3) is 0 Å². The summed E-state index contributed by atoms with van der Waals surface area (Å²) in [4.78, 5) is 2.43. The molecule has 0 aliphatic heterocycles. The van der Waals surface area contributed by atoms with E-state index < -0.39 is 0 Å². The Kier molecular flexibility index (Phi) is 5.23. The van der Waals surface area contributed by atoms with E-state index >= 15 is 0 Å². The molecule has 2 rings (SSSR count). The Labute approximate surface area is 116 Å². The normalized spacial score (nSPS) is 22.9. The zero-order valence-electron chi connectivity index (χ0n) is 12.4. The maximum absolute atomic E-state index is 5.19. The molecule has 0 amide bonds. The van der Waals surface area contributed by atoms with E-state index in [9.17, 15) is 0 Å². The summed E-state index contributed by atoms with van der Waals surface area (Å²) in [5.74, 6) is 1.73. The van der Waals surface area contributed by atoms with Crippen LogP contribution >= 0.6 is 0 Å². The molecule has 0 saturated heterocycles. The number of rotatable bonds is 6. The summed E-state index contributed by atoms with van der Waals surface area (Å²) in [6, 6.07) is 9.09. The van der Waals surface area contributed by atoms with Crippen molar-refractivity contribution in [2.45, 2.75) is 31.8 Å². The maximum Gasteiger partial charge on any atom is 0.118 e. The Morgan fingerprint density at radius 1 is 1.26 bits per heavy atom. The quantitative estimate of drug-likeness (QED) is 0.852. The molecule has 0 bridgehead atoms. The molecule has 2 atom stereocenters. The summed E-state index contributed by atoms with van der Waals surface area (Å²) >= 11 is 0. The van der Waals surface area contributed by atoms with E-state index in [1.807, 2.05) is 12.1 Å². The van der Waals surface area contributed by atoms with Crippen LogP contribution in [0.25, 0.3) is 0 Å². The molecule has 1 aromatic carbocycles. The summed E-state index contributed by atoms with van der Waals surface area (Å²) in [5, 5.41) is 3.46. The summed E-state index contributed by atoms with van der Waals surface area (Å²) in [7, 11) is 6.01. The third-order valence-electron chi connectivity index (χ3n) is 4.19. The first kappa shape index (κ1) is 14.4. The van der Waals surface area contributed by atoms with Gasteiger partial charge in [-0.05, 0) is 50.6 Å². The summed E-state index contributed by atoms with van der Waals surface area (Å²) in [5.41, 5.74) is 1.35. The highest BCUT2D eigenvalue weighted by Gasteiger charge is 2.26. The van der Waals surface area contributed by atoms with Gasteiger partial charge in [-0.15, -0.1) is 0 Å². The minimum Gasteiger partial charge on any atom is -0.497 e. The second-order valence-electron chi connectivity index (χ2n) is 5.63. The van der Waals surface area contributed by atoms with Crippen molar-refractivity contribution in [1.82, 2.24) is 10.2 Å². The van der Waals surface area contributed by atoms with Crippen LogP contribution in [0.1, 0.15) is 24.8 Å². The van der Waals surface area contributed by atoms with Crippen molar-refractivity contribution in [3.05, 3.63) is 29.8 Å². The molecule has 106 valence electrons. The monoisotopic (exact) mass is 262 g/mol. The van der Waals surface area contributed by atoms with Crippen LogP contribution in [0, 0.1) is 5.92 Å². The molecule has 1 N–H and O–H groups in total. The summed E-state index contributed by atoms with van der Waals surface area (Å²) in [6.07, 6.45) is 4.06. The fourth-order valence-corrected chi connectivity index (χ4v) is 3.14. The van der Waals surface area contributed by atoms with Crippen molar-refractivity contribution in [1.29, 1.82) is 0 Å². The van der Waals surface area contributed by atoms with E-state index in [0.717, 1.165) is 18.2 Å². The predicted octanol–water partition coefficient (Wildman–Crippen LogP) is 2.52. The van der Waals surface area contributed by atoms with Gasteiger partial charge in [0.05, 0.1) is 7.11 Å². The van der Waals surface area contributed by atoms with Crippen molar-refractivity contribution in [2.75, 3.05) is 27.7 Å². The van der Waals surface area contributed by atoms with Gasteiger partial charge in [0.15, 0.2) is 0 Å². The van der Waals surface area contributed by atoms with E-state index in [1.165, 1.54) is 31.4 Å². The van der Waals surface area contributed by atoms with Gasteiger partial charge in [0.1, 0.15) is 5.75 Å². The van der Waals surface area contributed by atoms with Gasteiger partial charge in [-0.2, -0.15) is 0 Å². The lowest BCUT2D eigenvalue weighted by atomic mass is 10.0. The van der Waals surface area contributed by atoms with E-state index in [1.54, 1.807) is 7.11 Å². The highest BCUT2D eigenvalue weighted by atomic mass is 16.5. The van der Waals surface area contributed by atoms with Crippen LogP contribution in [-0.4, -0.2) is 38.7 Å². The van der Waals surface area contributed by atoms with Crippen LogP contribution in [0.4, 0.5) is 0 Å². The number of methoxy groups -OCH3 is 1. The van der Waals surface area contributed by atoms with Crippen LogP contribution in [0.3, 0.4) is 0 Å². The lowest BCUT2D eigenvalue weighted by Crippen LogP contribution is -2.36. The second kappa shape index (κ2) is 6.92. The Morgan fingerprint density at radius 2 is 2.00 bits per heavy atom. The zero-order valence-corrected chi connectivity index (χ0v) is 12.4.